The summed E-state index contributed by atoms with van der Waals surface area (Å²) in [5, 5.41) is 19.9. The van der Waals surface area contributed by atoms with E-state index in [1.807, 2.05) is 6.07 Å². The van der Waals surface area contributed by atoms with Crippen LogP contribution in [0.4, 0.5) is 5.69 Å². The van der Waals surface area contributed by atoms with Crippen molar-refractivity contribution in [3.8, 4) is 17.2 Å². The number of carbonyl (C=O) groups excluding carboxylic acids is 1. The average molecular weight is 510 g/mol. The summed E-state index contributed by atoms with van der Waals surface area (Å²) in [6.45, 7) is 0. The van der Waals surface area contributed by atoms with Crippen LogP contribution in [0.3, 0.4) is 0 Å². The summed E-state index contributed by atoms with van der Waals surface area (Å²) in [5.41, 5.74) is 8.87. The molecule has 3 aromatic carbocycles. The van der Waals surface area contributed by atoms with E-state index in [0.29, 0.717) is 33.5 Å². The number of amides is 1. The summed E-state index contributed by atoms with van der Waals surface area (Å²) in [7, 11) is -2.37. The Kier molecular flexibility index (Phi) is 7.92. The van der Waals surface area contributed by atoms with Crippen LogP contribution in [0, 0.1) is 16.7 Å². The van der Waals surface area contributed by atoms with Crippen LogP contribution in [0.1, 0.15) is 16.7 Å². The first-order valence-electron chi connectivity index (χ1n) is 10.5. The molecule has 0 bridgehead atoms. The third kappa shape index (κ3) is 6.25. The van der Waals surface area contributed by atoms with Crippen LogP contribution in [0.2, 0.25) is 5.02 Å². The Bertz CT molecular complexity index is 1430. The second-order valence-corrected chi connectivity index (χ2v) is 10.4. The molecule has 4 N–H and O–H groups in total. The Labute approximate surface area is 209 Å². The van der Waals surface area contributed by atoms with Crippen LogP contribution in [0.15, 0.2) is 66.7 Å². The summed E-state index contributed by atoms with van der Waals surface area (Å²) in [4.78, 5) is 13.2. The largest absolute Gasteiger partial charge is 0.384 e. The van der Waals surface area contributed by atoms with Crippen molar-refractivity contribution in [2.75, 3.05) is 18.6 Å². The van der Waals surface area contributed by atoms with Crippen LogP contribution >= 0.6 is 11.6 Å². The summed E-state index contributed by atoms with van der Waals surface area (Å²) in [6.07, 6.45) is 1.08. The van der Waals surface area contributed by atoms with Crippen LogP contribution < -0.4 is 11.1 Å². The predicted octanol–water partition coefficient (Wildman–Crippen LogP) is 3.60. The predicted molar refractivity (Wildman–Crippen MR) is 138 cm³/mol. The number of hydrogen-bond acceptors (Lipinski definition) is 5. The van der Waals surface area contributed by atoms with E-state index in [1.54, 1.807) is 60.7 Å². The van der Waals surface area contributed by atoms with Crippen molar-refractivity contribution in [1.29, 1.82) is 10.7 Å². The zero-order chi connectivity index (χ0) is 25.8. The third-order valence-electron chi connectivity index (χ3n) is 5.52. The minimum Gasteiger partial charge on any atom is -0.384 e. The van der Waals surface area contributed by atoms with E-state index in [4.69, 9.17) is 22.7 Å². The van der Waals surface area contributed by atoms with Crippen molar-refractivity contribution in [1.82, 2.24) is 4.31 Å². The number of nitrogens with zero attached hydrogens (tertiary/aromatic N) is 2. The fourth-order valence-corrected chi connectivity index (χ4v) is 4.40. The van der Waals surface area contributed by atoms with E-state index in [1.165, 1.54) is 7.05 Å². The topological polar surface area (TPSA) is 140 Å². The highest BCUT2D eigenvalue weighted by atomic mass is 35.5. The van der Waals surface area contributed by atoms with Gasteiger partial charge in [-0.3, -0.25) is 10.2 Å². The van der Waals surface area contributed by atoms with E-state index in [-0.39, 0.29) is 17.3 Å². The van der Waals surface area contributed by atoms with E-state index in [9.17, 15) is 18.5 Å². The van der Waals surface area contributed by atoms with Crippen molar-refractivity contribution < 1.29 is 13.2 Å². The molecule has 1 atom stereocenters. The standard InChI is InChI=1S/C25H24ClN5O3S/c1-31(35(2,33)34)23(13-16-6-5-8-18(12-16)24(28)29)25(32)30-22-11-10-17(14-21(22)26)20-9-4-3-7-19(20)15-27/h3-12,14,23H,13H2,1-2H3,(H3,28,29)(H,30,32)/t23-/m0/s1. The number of anilines is 1. The molecular formula is C25H24ClN5O3S. The average Bonchev–Trinajstić information content (AvgIpc) is 2.82. The number of likely N-dealkylation sites (N-methyl/N-ethyl adjacent to an activating group) is 1. The van der Waals surface area contributed by atoms with Crippen molar-refractivity contribution in [3.05, 3.63) is 88.4 Å². The smallest absolute Gasteiger partial charge is 0.243 e. The SMILES string of the molecule is CN([C@@H](Cc1cccc(C(=N)N)c1)C(=O)Nc1ccc(-c2ccccc2C#N)cc1Cl)S(C)(=O)=O. The molecule has 0 unspecified atom stereocenters. The van der Waals surface area contributed by atoms with E-state index < -0.39 is 22.0 Å². The number of hydrogen-bond donors (Lipinski definition) is 3. The van der Waals surface area contributed by atoms with Gasteiger partial charge in [-0.25, -0.2) is 8.42 Å². The molecule has 1 amide bonds. The number of nitrogens with one attached hydrogen (secondary N) is 2. The summed E-state index contributed by atoms with van der Waals surface area (Å²) in [6, 6.07) is 19.8. The zero-order valence-corrected chi connectivity index (χ0v) is 20.7. The monoisotopic (exact) mass is 509 g/mol. The fraction of sp³-hybridized carbons (Fsp3) is 0.160. The Morgan fingerprint density at radius 3 is 2.51 bits per heavy atom. The molecule has 3 aromatic rings. The highest BCUT2D eigenvalue weighted by molar-refractivity contribution is 7.88. The van der Waals surface area contributed by atoms with Gasteiger partial charge in [0, 0.05) is 12.6 Å². The minimum absolute atomic E-state index is 0.0573. The highest BCUT2D eigenvalue weighted by Crippen LogP contribution is 2.31. The lowest BCUT2D eigenvalue weighted by Gasteiger charge is -2.26. The second kappa shape index (κ2) is 10.7. The number of nitrogen functional groups attached to an aromatic ring is 1. The molecule has 0 aliphatic rings. The van der Waals surface area contributed by atoms with Crippen LogP contribution in [0.25, 0.3) is 11.1 Å². The Balaban J connectivity index is 1.90. The lowest BCUT2D eigenvalue weighted by Crippen LogP contribution is -2.46. The number of amidine groups is 1. The normalized spacial score (nSPS) is 12.1. The van der Waals surface area contributed by atoms with Gasteiger partial charge in [0.2, 0.25) is 15.9 Å². The third-order valence-corrected chi connectivity index (χ3v) is 7.13. The van der Waals surface area contributed by atoms with Gasteiger partial charge in [0.25, 0.3) is 0 Å². The first-order valence-corrected chi connectivity index (χ1v) is 12.7. The molecule has 0 aromatic heterocycles. The summed E-state index contributed by atoms with van der Waals surface area (Å²) >= 11 is 6.44. The van der Waals surface area contributed by atoms with E-state index >= 15 is 0 Å². The van der Waals surface area contributed by atoms with E-state index in [0.717, 1.165) is 10.6 Å². The van der Waals surface area contributed by atoms with Crippen molar-refractivity contribution >= 4 is 39.1 Å². The van der Waals surface area contributed by atoms with Crippen molar-refractivity contribution in [3.63, 3.8) is 0 Å². The zero-order valence-electron chi connectivity index (χ0n) is 19.1. The van der Waals surface area contributed by atoms with Crippen molar-refractivity contribution in [2.45, 2.75) is 12.5 Å². The maximum absolute atomic E-state index is 13.2. The molecule has 180 valence electrons. The molecular weight excluding hydrogens is 486 g/mol. The fourth-order valence-electron chi connectivity index (χ4n) is 3.54. The Hall–Kier alpha value is -3.71. The number of sulfonamides is 1. The molecule has 0 saturated heterocycles. The van der Waals surface area contributed by atoms with E-state index in [2.05, 4.69) is 11.4 Å². The molecule has 10 heteroatoms. The lowest BCUT2D eigenvalue weighted by molar-refractivity contribution is -0.119. The molecule has 0 spiro atoms. The molecule has 8 nitrogen and oxygen atoms in total. The number of rotatable bonds is 8. The van der Waals surface area contributed by atoms with Crippen LogP contribution in [0.5, 0.6) is 0 Å². The number of halogens is 1. The molecule has 0 aliphatic carbocycles. The van der Waals surface area contributed by atoms with Gasteiger partial charge in [0.15, 0.2) is 0 Å². The number of benzene rings is 3. The number of nitrogens with two attached hydrogens (primary N) is 1. The lowest BCUT2D eigenvalue weighted by atomic mass is 10.00. The molecule has 0 aliphatic heterocycles. The maximum Gasteiger partial charge on any atom is 0.243 e. The molecule has 0 fully saturated rings. The van der Waals surface area contributed by atoms with Crippen LogP contribution in [-0.4, -0.2) is 43.8 Å². The van der Waals surface area contributed by atoms with Gasteiger partial charge in [-0.2, -0.15) is 9.57 Å². The first kappa shape index (κ1) is 25.9. The molecule has 3 rings (SSSR count). The van der Waals surface area contributed by atoms with Gasteiger partial charge in [-0.15, -0.1) is 0 Å². The second-order valence-electron chi connectivity index (χ2n) is 7.95. The van der Waals surface area contributed by atoms with Crippen LogP contribution in [-0.2, 0) is 21.2 Å². The minimum atomic E-state index is -3.70. The molecule has 0 heterocycles. The Morgan fingerprint density at radius 2 is 1.89 bits per heavy atom. The first-order chi connectivity index (χ1) is 16.5. The summed E-state index contributed by atoms with van der Waals surface area (Å²) < 4.78 is 25.5. The number of nitriles is 1. The van der Waals surface area contributed by atoms with Gasteiger partial charge in [0.05, 0.1) is 28.6 Å². The quantitative estimate of drug-likeness (QED) is 0.314. The van der Waals surface area contributed by atoms with Gasteiger partial charge in [-0.05, 0) is 47.4 Å². The molecule has 0 radical (unpaired) electrons. The Morgan fingerprint density at radius 1 is 1.17 bits per heavy atom. The van der Waals surface area contributed by atoms with Gasteiger partial charge < -0.3 is 11.1 Å². The summed E-state index contributed by atoms with van der Waals surface area (Å²) in [5.74, 6) is -0.701. The molecule has 35 heavy (non-hydrogen) atoms. The van der Waals surface area contributed by atoms with Gasteiger partial charge >= 0.3 is 0 Å². The highest BCUT2D eigenvalue weighted by Gasteiger charge is 2.30. The van der Waals surface area contributed by atoms with Crippen molar-refractivity contribution in [2.24, 2.45) is 5.73 Å². The number of carbonyl (C=O) groups is 1. The van der Waals surface area contributed by atoms with Gasteiger partial charge in [0.1, 0.15) is 11.9 Å². The molecule has 0 saturated carbocycles. The van der Waals surface area contributed by atoms with Gasteiger partial charge in [-0.1, -0.05) is 54.1 Å². The maximum atomic E-state index is 13.2.